The minimum atomic E-state index is -0.0676. The average Bonchev–Trinajstić information content (AvgIpc) is 2.41. The van der Waals surface area contributed by atoms with Crippen LogP contribution in [-0.2, 0) is 4.79 Å². The van der Waals surface area contributed by atoms with Crippen LogP contribution >= 0.6 is 11.8 Å². The van der Waals surface area contributed by atoms with E-state index < -0.39 is 0 Å². The Kier molecular flexibility index (Phi) is 5.16. The van der Waals surface area contributed by atoms with E-state index in [0.717, 1.165) is 30.2 Å². The first-order chi connectivity index (χ1) is 8.84. The van der Waals surface area contributed by atoms with Gasteiger partial charge in [0.1, 0.15) is 0 Å². The molecule has 0 aliphatic carbocycles. The van der Waals surface area contributed by atoms with Gasteiger partial charge in [-0.2, -0.15) is 16.9 Å². The number of pyridine rings is 1. The monoisotopic (exact) mass is 264 g/mol. The normalized spacial score (nSPS) is 16.9. The molecule has 18 heavy (non-hydrogen) atoms. The van der Waals surface area contributed by atoms with Crippen LogP contribution in [0.1, 0.15) is 5.56 Å². The average molecular weight is 264 g/mol. The first-order valence-electron chi connectivity index (χ1n) is 5.86. The molecular formula is C12H16N4OS. The van der Waals surface area contributed by atoms with Crippen molar-refractivity contribution in [2.45, 2.75) is 0 Å². The maximum absolute atomic E-state index is 11.6. The van der Waals surface area contributed by atoms with E-state index in [2.05, 4.69) is 20.4 Å². The number of nitrogens with zero attached hydrogens (tertiary/aromatic N) is 3. The molecule has 0 bridgehead atoms. The molecule has 0 radical (unpaired) electrons. The third-order valence-corrected chi connectivity index (χ3v) is 3.50. The van der Waals surface area contributed by atoms with Gasteiger partial charge in [-0.05, 0) is 6.07 Å². The first-order valence-corrected chi connectivity index (χ1v) is 7.02. The maximum Gasteiger partial charge on any atom is 0.254 e. The molecule has 2 heterocycles. The molecule has 2 rings (SSSR count). The number of hydrogen-bond donors (Lipinski definition) is 1. The fourth-order valence-electron chi connectivity index (χ4n) is 1.63. The molecule has 1 aromatic rings. The zero-order valence-electron chi connectivity index (χ0n) is 10.1. The summed E-state index contributed by atoms with van der Waals surface area (Å²) in [5, 5.41) is 3.91. The number of thioether (sulfide) groups is 1. The van der Waals surface area contributed by atoms with E-state index in [1.807, 2.05) is 23.9 Å². The van der Waals surface area contributed by atoms with Crippen molar-refractivity contribution in [1.29, 1.82) is 0 Å². The predicted molar refractivity (Wildman–Crippen MR) is 73.7 cm³/mol. The van der Waals surface area contributed by atoms with E-state index in [0.29, 0.717) is 6.54 Å². The smallest absolute Gasteiger partial charge is 0.254 e. The van der Waals surface area contributed by atoms with Gasteiger partial charge in [-0.25, -0.2) is 5.43 Å². The molecule has 1 fully saturated rings. The van der Waals surface area contributed by atoms with E-state index in [4.69, 9.17) is 0 Å². The van der Waals surface area contributed by atoms with Crippen molar-refractivity contribution in [2.24, 2.45) is 5.10 Å². The van der Waals surface area contributed by atoms with Gasteiger partial charge < -0.3 is 0 Å². The van der Waals surface area contributed by atoms with Gasteiger partial charge in [-0.1, -0.05) is 6.07 Å². The van der Waals surface area contributed by atoms with E-state index in [9.17, 15) is 4.79 Å². The van der Waals surface area contributed by atoms with Crippen LogP contribution in [0.4, 0.5) is 0 Å². The summed E-state index contributed by atoms with van der Waals surface area (Å²) in [6.07, 6.45) is 4.98. The second-order valence-corrected chi connectivity index (χ2v) is 5.19. The molecule has 0 unspecified atom stereocenters. The van der Waals surface area contributed by atoms with Gasteiger partial charge in [-0.3, -0.25) is 14.7 Å². The second kappa shape index (κ2) is 7.13. The maximum atomic E-state index is 11.6. The molecule has 1 aliphatic heterocycles. The Hall–Kier alpha value is -1.40. The van der Waals surface area contributed by atoms with Crippen molar-refractivity contribution in [3.8, 4) is 0 Å². The molecule has 6 heteroatoms. The van der Waals surface area contributed by atoms with Crippen molar-refractivity contribution >= 4 is 23.9 Å². The molecule has 1 N–H and O–H groups in total. The number of rotatable bonds is 4. The molecular weight excluding hydrogens is 248 g/mol. The lowest BCUT2D eigenvalue weighted by Crippen LogP contribution is -2.40. The van der Waals surface area contributed by atoms with Crippen molar-refractivity contribution < 1.29 is 4.79 Å². The van der Waals surface area contributed by atoms with Gasteiger partial charge in [0.25, 0.3) is 5.91 Å². The number of aromatic nitrogens is 1. The molecule has 1 aromatic heterocycles. The Morgan fingerprint density at radius 1 is 1.56 bits per heavy atom. The molecule has 1 saturated heterocycles. The summed E-state index contributed by atoms with van der Waals surface area (Å²) >= 11 is 1.93. The summed E-state index contributed by atoms with van der Waals surface area (Å²) in [6, 6.07) is 3.71. The highest BCUT2D eigenvalue weighted by molar-refractivity contribution is 7.99. The van der Waals surface area contributed by atoms with Crippen LogP contribution in [0.2, 0.25) is 0 Å². The highest BCUT2D eigenvalue weighted by atomic mass is 32.2. The van der Waals surface area contributed by atoms with E-state index in [1.54, 1.807) is 18.6 Å². The summed E-state index contributed by atoms with van der Waals surface area (Å²) in [6.45, 7) is 2.37. The standard InChI is InChI=1S/C12H16N4OS/c17-12(10-16-4-6-18-7-5-16)15-14-9-11-2-1-3-13-8-11/h1-3,8-9H,4-7,10H2,(H,15,17)/b14-9+. The van der Waals surface area contributed by atoms with Gasteiger partial charge >= 0.3 is 0 Å². The highest BCUT2D eigenvalue weighted by Gasteiger charge is 2.13. The Balaban J connectivity index is 1.72. The van der Waals surface area contributed by atoms with Crippen molar-refractivity contribution in [3.05, 3.63) is 30.1 Å². The molecule has 0 aromatic carbocycles. The lowest BCUT2D eigenvalue weighted by molar-refractivity contribution is -0.122. The third kappa shape index (κ3) is 4.46. The summed E-state index contributed by atoms with van der Waals surface area (Å²) in [5.41, 5.74) is 3.40. The van der Waals surface area contributed by atoms with Crippen LogP contribution in [0.5, 0.6) is 0 Å². The lowest BCUT2D eigenvalue weighted by Gasteiger charge is -2.24. The van der Waals surface area contributed by atoms with Crippen molar-refractivity contribution in [1.82, 2.24) is 15.3 Å². The van der Waals surface area contributed by atoms with Gasteiger partial charge in [0.15, 0.2) is 0 Å². The van der Waals surface area contributed by atoms with Crippen molar-refractivity contribution in [3.63, 3.8) is 0 Å². The highest BCUT2D eigenvalue weighted by Crippen LogP contribution is 2.08. The molecule has 0 spiro atoms. The molecule has 96 valence electrons. The van der Waals surface area contributed by atoms with Gasteiger partial charge in [0.2, 0.25) is 0 Å². The van der Waals surface area contributed by atoms with Crippen LogP contribution in [0.25, 0.3) is 0 Å². The first kappa shape index (κ1) is 13.0. The fraction of sp³-hybridized carbons (Fsp3) is 0.417. The van der Waals surface area contributed by atoms with E-state index in [1.165, 1.54) is 0 Å². The summed E-state index contributed by atoms with van der Waals surface area (Å²) < 4.78 is 0. The van der Waals surface area contributed by atoms with Gasteiger partial charge in [0.05, 0.1) is 12.8 Å². The van der Waals surface area contributed by atoms with Crippen molar-refractivity contribution in [2.75, 3.05) is 31.1 Å². The van der Waals surface area contributed by atoms with Crippen LogP contribution in [0.15, 0.2) is 29.6 Å². The molecule has 5 nitrogen and oxygen atoms in total. The van der Waals surface area contributed by atoms with Gasteiger partial charge in [0, 0.05) is 42.6 Å². The SMILES string of the molecule is O=C(CN1CCSCC1)N/N=C/c1cccnc1. The second-order valence-electron chi connectivity index (χ2n) is 3.97. The van der Waals surface area contributed by atoms with Crippen LogP contribution in [-0.4, -0.2) is 53.1 Å². The Labute approximate surface area is 111 Å². The van der Waals surface area contributed by atoms with E-state index in [-0.39, 0.29) is 5.91 Å². The number of carbonyl (C=O) groups is 1. The zero-order chi connectivity index (χ0) is 12.6. The van der Waals surface area contributed by atoms with Crippen LogP contribution in [0, 0.1) is 0 Å². The molecule has 0 saturated carbocycles. The minimum Gasteiger partial charge on any atom is -0.293 e. The number of amides is 1. The minimum absolute atomic E-state index is 0.0676. The van der Waals surface area contributed by atoms with Crippen LogP contribution < -0.4 is 5.43 Å². The molecule has 1 aliphatic rings. The Morgan fingerprint density at radius 3 is 3.11 bits per heavy atom. The zero-order valence-corrected chi connectivity index (χ0v) is 10.9. The van der Waals surface area contributed by atoms with Crippen LogP contribution in [0.3, 0.4) is 0 Å². The van der Waals surface area contributed by atoms with E-state index >= 15 is 0 Å². The summed E-state index contributed by atoms with van der Waals surface area (Å²) in [5.74, 6) is 2.14. The topological polar surface area (TPSA) is 57.6 Å². The number of hydrogen-bond acceptors (Lipinski definition) is 5. The van der Waals surface area contributed by atoms with Gasteiger partial charge in [-0.15, -0.1) is 0 Å². The predicted octanol–water partition coefficient (Wildman–Crippen LogP) is 0.580. The fourth-order valence-corrected chi connectivity index (χ4v) is 2.61. The Morgan fingerprint density at radius 2 is 2.39 bits per heavy atom. The Bertz CT molecular complexity index is 404. The lowest BCUT2D eigenvalue weighted by atomic mass is 10.3. The third-order valence-electron chi connectivity index (χ3n) is 2.56. The molecule has 1 amide bonds. The number of carbonyl (C=O) groups excluding carboxylic acids is 1. The number of nitrogens with one attached hydrogen (secondary N) is 1. The largest absolute Gasteiger partial charge is 0.293 e. The summed E-state index contributed by atoms with van der Waals surface area (Å²) in [7, 11) is 0. The quantitative estimate of drug-likeness (QED) is 0.638. The molecule has 0 atom stereocenters. The summed E-state index contributed by atoms with van der Waals surface area (Å²) in [4.78, 5) is 17.7. The number of hydrazone groups is 1.